The summed E-state index contributed by atoms with van der Waals surface area (Å²) in [4.78, 5) is 2.29. The normalized spacial score (nSPS) is 11.0. The topological polar surface area (TPSA) is 15.3 Å². The molecule has 0 saturated heterocycles. The maximum Gasteiger partial charge on any atom is 0.0475 e. The molecule has 0 fully saturated rings. The van der Waals surface area contributed by atoms with Crippen molar-refractivity contribution in [3.63, 3.8) is 0 Å². The van der Waals surface area contributed by atoms with Gasteiger partial charge >= 0.3 is 0 Å². The van der Waals surface area contributed by atoms with Gasteiger partial charge in [-0.25, -0.2) is 0 Å². The van der Waals surface area contributed by atoms with E-state index in [4.69, 9.17) is 0 Å². The van der Waals surface area contributed by atoms with Gasteiger partial charge in [0.1, 0.15) is 0 Å². The van der Waals surface area contributed by atoms with E-state index in [1.807, 2.05) is 7.05 Å². The Balaban J connectivity index is 2.37. The summed E-state index contributed by atoms with van der Waals surface area (Å²) in [6.45, 7) is 4.28. The molecule has 90 valence electrons. The van der Waals surface area contributed by atoms with Crippen molar-refractivity contribution in [3.8, 4) is 0 Å². The van der Waals surface area contributed by atoms with Gasteiger partial charge in [-0.05, 0) is 38.1 Å². The lowest BCUT2D eigenvalue weighted by atomic mass is 10.1. The SMILES string of the molecule is CCCc1ccc(CCN(C)CNC)cc1. The molecule has 0 aliphatic carbocycles. The standard InChI is InChI=1S/C14H24N2/c1-4-5-13-6-8-14(9-7-13)10-11-16(3)12-15-2/h6-9,15H,4-5,10-12H2,1-3H3. The molecule has 16 heavy (non-hydrogen) atoms. The summed E-state index contributed by atoms with van der Waals surface area (Å²) in [5, 5.41) is 3.16. The highest BCUT2D eigenvalue weighted by Crippen LogP contribution is 2.07. The van der Waals surface area contributed by atoms with E-state index in [0.29, 0.717) is 0 Å². The minimum Gasteiger partial charge on any atom is -0.307 e. The molecule has 0 spiro atoms. The molecule has 1 N–H and O–H groups in total. The Bertz CT molecular complexity index is 279. The maximum absolute atomic E-state index is 3.16. The molecular formula is C14H24N2. The van der Waals surface area contributed by atoms with Gasteiger partial charge < -0.3 is 5.32 Å². The Labute approximate surface area is 99.7 Å². The largest absolute Gasteiger partial charge is 0.307 e. The van der Waals surface area contributed by atoms with Gasteiger partial charge in [0, 0.05) is 13.2 Å². The molecule has 0 heterocycles. The minimum absolute atomic E-state index is 0.952. The Morgan fingerprint density at radius 1 is 1.06 bits per heavy atom. The molecule has 2 nitrogen and oxygen atoms in total. The lowest BCUT2D eigenvalue weighted by molar-refractivity contribution is 0.321. The second-order valence-corrected chi connectivity index (χ2v) is 4.41. The first kappa shape index (κ1) is 13.2. The number of aryl methyl sites for hydroxylation is 1. The Morgan fingerprint density at radius 3 is 2.12 bits per heavy atom. The highest BCUT2D eigenvalue weighted by molar-refractivity contribution is 5.22. The zero-order valence-electron chi connectivity index (χ0n) is 10.8. The van der Waals surface area contributed by atoms with Crippen molar-refractivity contribution >= 4 is 0 Å². The molecule has 1 aromatic rings. The minimum atomic E-state index is 0.952. The summed E-state index contributed by atoms with van der Waals surface area (Å²) in [7, 11) is 4.12. The molecule has 1 rings (SSSR count). The van der Waals surface area contributed by atoms with E-state index in [0.717, 1.165) is 19.6 Å². The summed E-state index contributed by atoms with van der Waals surface area (Å²) in [6.07, 6.45) is 3.55. The second-order valence-electron chi connectivity index (χ2n) is 4.41. The van der Waals surface area contributed by atoms with E-state index in [2.05, 4.69) is 48.5 Å². The molecule has 0 aliphatic heterocycles. The number of hydrogen-bond acceptors (Lipinski definition) is 2. The number of hydrogen-bond donors (Lipinski definition) is 1. The number of nitrogens with one attached hydrogen (secondary N) is 1. The van der Waals surface area contributed by atoms with Crippen LogP contribution in [0.15, 0.2) is 24.3 Å². The molecular weight excluding hydrogens is 196 g/mol. The fraction of sp³-hybridized carbons (Fsp3) is 0.571. The predicted octanol–water partition coefficient (Wildman–Crippen LogP) is 2.29. The van der Waals surface area contributed by atoms with Crippen LogP contribution in [0.4, 0.5) is 0 Å². The average molecular weight is 220 g/mol. The third kappa shape index (κ3) is 4.77. The molecule has 1 aromatic carbocycles. The second kappa shape index (κ2) is 7.42. The van der Waals surface area contributed by atoms with Crippen molar-refractivity contribution in [1.29, 1.82) is 0 Å². The van der Waals surface area contributed by atoms with Crippen LogP contribution in [-0.2, 0) is 12.8 Å². The van der Waals surface area contributed by atoms with Gasteiger partial charge in [0.15, 0.2) is 0 Å². The Hall–Kier alpha value is -0.860. The van der Waals surface area contributed by atoms with Crippen molar-refractivity contribution in [2.45, 2.75) is 26.2 Å². The third-order valence-corrected chi connectivity index (χ3v) is 2.77. The first-order chi connectivity index (χ1) is 7.76. The van der Waals surface area contributed by atoms with Gasteiger partial charge in [-0.3, -0.25) is 4.90 Å². The first-order valence-corrected chi connectivity index (χ1v) is 6.17. The van der Waals surface area contributed by atoms with E-state index in [1.165, 1.54) is 24.0 Å². The van der Waals surface area contributed by atoms with Gasteiger partial charge in [-0.15, -0.1) is 0 Å². The van der Waals surface area contributed by atoms with Gasteiger partial charge in [0.2, 0.25) is 0 Å². The number of rotatable bonds is 7. The van der Waals surface area contributed by atoms with E-state index in [-0.39, 0.29) is 0 Å². The summed E-state index contributed by atoms with van der Waals surface area (Å²) in [6, 6.07) is 9.05. The Morgan fingerprint density at radius 2 is 1.62 bits per heavy atom. The number of benzene rings is 1. The number of nitrogens with zero attached hydrogens (tertiary/aromatic N) is 1. The van der Waals surface area contributed by atoms with Crippen molar-refractivity contribution in [2.24, 2.45) is 0 Å². The van der Waals surface area contributed by atoms with Crippen LogP contribution in [0.3, 0.4) is 0 Å². The van der Waals surface area contributed by atoms with Crippen LogP contribution >= 0.6 is 0 Å². The smallest absolute Gasteiger partial charge is 0.0475 e. The Kier molecular flexibility index (Phi) is 6.12. The summed E-state index contributed by atoms with van der Waals surface area (Å²) < 4.78 is 0. The van der Waals surface area contributed by atoms with E-state index in [9.17, 15) is 0 Å². The van der Waals surface area contributed by atoms with Gasteiger partial charge in [0.25, 0.3) is 0 Å². The molecule has 0 radical (unpaired) electrons. The zero-order valence-corrected chi connectivity index (χ0v) is 10.8. The highest BCUT2D eigenvalue weighted by atomic mass is 15.2. The van der Waals surface area contributed by atoms with Gasteiger partial charge in [-0.1, -0.05) is 37.6 Å². The molecule has 0 amide bonds. The highest BCUT2D eigenvalue weighted by Gasteiger charge is 1.98. The monoisotopic (exact) mass is 220 g/mol. The van der Waals surface area contributed by atoms with Crippen LogP contribution < -0.4 is 5.32 Å². The van der Waals surface area contributed by atoms with Gasteiger partial charge in [-0.2, -0.15) is 0 Å². The lowest BCUT2D eigenvalue weighted by Gasteiger charge is -2.15. The zero-order chi connectivity index (χ0) is 11.8. The molecule has 0 atom stereocenters. The van der Waals surface area contributed by atoms with Crippen LogP contribution in [0.1, 0.15) is 24.5 Å². The predicted molar refractivity (Wildman–Crippen MR) is 70.7 cm³/mol. The quantitative estimate of drug-likeness (QED) is 0.709. The first-order valence-electron chi connectivity index (χ1n) is 6.17. The molecule has 0 aromatic heterocycles. The molecule has 0 aliphatic rings. The van der Waals surface area contributed by atoms with E-state index < -0.39 is 0 Å². The van der Waals surface area contributed by atoms with Gasteiger partial charge in [0.05, 0.1) is 0 Å². The van der Waals surface area contributed by atoms with Crippen molar-refractivity contribution < 1.29 is 0 Å². The fourth-order valence-electron chi connectivity index (χ4n) is 1.83. The van der Waals surface area contributed by atoms with Crippen LogP contribution in [0, 0.1) is 0 Å². The molecule has 0 unspecified atom stereocenters. The lowest BCUT2D eigenvalue weighted by Crippen LogP contribution is -2.30. The summed E-state index contributed by atoms with van der Waals surface area (Å²) in [5.41, 5.74) is 2.89. The molecule has 0 bridgehead atoms. The van der Waals surface area contributed by atoms with Crippen molar-refractivity contribution in [3.05, 3.63) is 35.4 Å². The fourth-order valence-corrected chi connectivity index (χ4v) is 1.83. The summed E-state index contributed by atoms with van der Waals surface area (Å²) >= 11 is 0. The average Bonchev–Trinajstić information content (AvgIpc) is 2.29. The molecule has 2 heteroatoms. The van der Waals surface area contributed by atoms with Crippen molar-refractivity contribution in [1.82, 2.24) is 10.2 Å². The summed E-state index contributed by atoms with van der Waals surface area (Å²) in [5.74, 6) is 0. The maximum atomic E-state index is 3.16. The third-order valence-electron chi connectivity index (χ3n) is 2.77. The van der Waals surface area contributed by atoms with Crippen LogP contribution in [0.5, 0.6) is 0 Å². The molecule has 0 saturated carbocycles. The van der Waals surface area contributed by atoms with Crippen LogP contribution in [-0.4, -0.2) is 32.2 Å². The van der Waals surface area contributed by atoms with Crippen LogP contribution in [0.25, 0.3) is 0 Å². The van der Waals surface area contributed by atoms with Crippen molar-refractivity contribution in [2.75, 3.05) is 27.3 Å². The number of likely N-dealkylation sites (N-methyl/N-ethyl adjacent to an activating group) is 1. The van der Waals surface area contributed by atoms with E-state index in [1.54, 1.807) is 0 Å². The van der Waals surface area contributed by atoms with Crippen LogP contribution in [0.2, 0.25) is 0 Å². The van der Waals surface area contributed by atoms with E-state index >= 15 is 0 Å².